The summed E-state index contributed by atoms with van der Waals surface area (Å²) in [6.07, 6.45) is 1.31. The zero-order chi connectivity index (χ0) is 17.4. The molecule has 0 radical (unpaired) electrons. The molecule has 0 saturated carbocycles. The standard InChI is InChI=1S/C20H15N3O2/c1-14-6-10-18(11-7-14)22-20(19(13-21-22)23(24)25)17-9-8-15-4-2-3-5-16(15)12-17/h2-13H,1H3. The van der Waals surface area contributed by atoms with Crippen molar-refractivity contribution in [3.63, 3.8) is 0 Å². The van der Waals surface area contributed by atoms with Crippen molar-refractivity contribution in [3.05, 3.63) is 88.6 Å². The fourth-order valence-electron chi connectivity index (χ4n) is 2.96. The summed E-state index contributed by atoms with van der Waals surface area (Å²) in [6, 6.07) is 21.5. The Balaban J connectivity index is 1.96. The molecule has 0 spiro atoms. The minimum atomic E-state index is -0.387. The lowest BCUT2D eigenvalue weighted by molar-refractivity contribution is -0.384. The predicted octanol–water partition coefficient (Wildman–Crippen LogP) is 4.91. The number of aromatic nitrogens is 2. The van der Waals surface area contributed by atoms with Gasteiger partial charge >= 0.3 is 5.69 Å². The molecule has 0 aliphatic heterocycles. The van der Waals surface area contributed by atoms with Gasteiger partial charge in [-0.3, -0.25) is 10.1 Å². The first-order valence-electron chi connectivity index (χ1n) is 7.92. The molecular formula is C20H15N3O2. The van der Waals surface area contributed by atoms with Gasteiger partial charge in [0, 0.05) is 5.56 Å². The van der Waals surface area contributed by atoms with Gasteiger partial charge in [-0.25, -0.2) is 4.68 Å². The molecular weight excluding hydrogens is 314 g/mol. The third-order valence-electron chi connectivity index (χ3n) is 4.25. The highest BCUT2D eigenvalue weighted by Gasteiger charge is 2.23. The van der Waals surface area contributed by atoms with Crippen molar-refractivity contribution in [2.24, 2.45) is 0 Å². The number of fused-ring (bicyclic) bond motifs is 1. The summed E-state index contributed by atoms with van der Waals surface area (Å²) in [5, 5.41) is 17.9. The van der Waals surface area contributed by atoms with E-state index >= 15 is 0 Å². The van der Waals surface area contributed by atoms with Crippen LogP contribution in [0.25, 0.3) is 27.7 Å². The quantitative estimate of drug-likeness (QED) is 0.396. The number of rotatable bonds is 3. The second-order valence-electron chi connectivity index (χ2n) is 5.94. The summed E-state index contributed by atoms with van der Waals surface area (Å²) >= 11 is 0. The van der Waals surface area contributed by atoms with Gasteiger partial charge in [-0.2, -0.15) is 5.10 Å². The Hall–Kier alpha value is -3.47. The van der Waals surface area contributed by atoms with E-state index in [2.05, 4.69) is 5.10 Å². The highest BCUT2D eigenvalue weighted by atomic mass is 16.6. The van der Waals surface area contributed by atoms with E-state index in [4.69, 9.17) is 0 Å². The Bertz CT molecular complexity index is 1080. The molecule has 4 aromatic rings. The second-order valence-corrected chi connectivity index (χ2v) is 5.94. The molecule has 122 valence electrons. The normalized spacial score (nSPS) is 10.9. The second kappa shape index (κ2) is 5.87. The van der Waals surface area contributed by atoms with Gasteiger partial charge in [0.05, 0.1) is 10.6 Å². The summed E-state index contributed by atoms with van der Waals surface area (Å²) in [7, 11) is 0. The molecule has 1 heterocycles. The summed E-state index contributed by atoms with van der Waals surface area (Å²) in [6.45, 7) is 2.00. The van der Waals surface area contributed by atoms with Crippen molar-refractivity contribution in [1.29, 1.82) is 0 Å². The largest absolute Gasteiger partial charge is 0.315 e. The summed E-state index contributed by atoms with van der Waals surface area (Å²) in [5.74, 6) is 0. The first-order valence-corrected chi connectivity index (χ1v) is 7.92. The maximum Gasteiger partial charge on any atom is 0.315 e. The van der Waals surface area contributed by atoms with E-state index in [9.17, 15) is 10.1 Å². The van der Waals surface area contributed by atoms with Crippen LogP contribution in [-0.4, -0.2) is 14.7 Å². The molecule has 5 heteroatoms. The van der Waals surface area contributed by atoms with Gasteiger partial charge in [-0.1, -0.05) is 54.1 Å². The van der Waals surface area contributed by atoms with Crippen LogP contribution in [0.4, 0.5) is 5.69 Å². The zero-order valence-electron chi connectivity index (χ0n) is 13.6. The van der Waals surface area contributed by atoms with Gasteiger partial charge in [0.15, 0.2) is 5.69 Å². The third kappa shape index (κ3) is 2.65. The molecule has 0 saturated heterocycles. The summed E-state index contributed by atoms with van der Waals surface area (Å²) in [4.78, 5) is 11.1. The van der Waals surface area contributed by atoms with E-state index in [1.807, 2.05) is 73.7 Å². The van der Waals surface area contributed by atoms with Crippen molar-refractivity contribution in [1.82, 2.24) is 9.78 Å². The molecule has 0 bridgehead atoms. The molecule has 0 amide bonds. The van der Waals surface area contributed by atoms with Crippen LogP contribution < -0.4 is 0 Å². The lowest BCUT2D eigenvalue weighted by Crippen LogP contribution is -2.00. The minimum Gasteiger partial charge on any atom is -0.258 e. The summed E-state index contributed by atoms with van der Waals surface area (Å²) < 4.78 is 1.63. The van der Waals surface area contributed by atoms with Crippen molar-refractivity contribution < 1.29 is 4.92 Å². The number of aryl methyl sites for hydroxylation is 1. The van der Waals surface area contributed by atoms with E-state index < -0.39 is 0 Å². The first-order chi connectivity index (χ1) is 12.1. The van der Waals surface area contributed by atoms with E-state index in [1.54, 1.807) is 4.68 Å². The van der Waals surface area contributed by atoms with Gasteiger partial charge in [-0.15, -0.1) is 0 Å². The maximum absolute atomic E-state index is 11.5. The van der Waals surface area contributed by atoms with Crippen molar-refractivity contribution in [2.75, 3.05) is 0 Å². The maximum atomic E-state index is 11.5. The zero-order valence-corrected chi connectivity index (χ0v) is 13.6. The van der Waals surface area contributed by atoms with Crippen LogP contribution in [0.1, 0.15) is 5.56 Å². The van der Waals surface area contributed by atoms with Gasteiger partial charge in [0.25, 0.3) is 0 Å². The van der Waals surface area contributed by atoms with Crippen LogP contribution >= 0.6 is 0 Å². The average Bonchev–Trinajstić information content (AvgIpc) is 3.07. The molecule has 0 N–H and O–H groups in total. The molecule has 0 fully saturated rings. The number of hydrogen-bond donors (Lipinski definition) is 0. The molecule has 0 aliphatic carbocycles. The molecule has 5 nitrogen and oxygen atoms in total. The summed E-state index contributed by atoms with van der Waals surface area (Å²) in [5.41, 5.74) is 3.17. The SMILES string of the molecule is Cc1ccc(-n2ncc([N+](=O)[O-])c2-c2ccc3ccccc3c2)cc1. The molecule has 0 unspecified atom stereocenters. The number of hydrogen-bond acceptors (Lipinski definition) is 3. The number of nitrogens with zero attached hydrogens (tertiary/aromatic N) is 3. The number of benzene rings is 3. The molecule has 25 heavy (non-hydrogen) atoms. The monoisotopic (exact) mass is 329 g/mol. The van der Waals surface area contributed by atoms with Gasteiger partial charge in [0.2, 0.25) is 0 Å². The topological polar surface area (TPSA) is 61.0 Å². The van der Waals surface area contributed by atoms with E-state index in [1.165, 1.54) is 6.20 Å². The van der Waals surface area contributed by atoms with Crippen LogP contribution in [0, 0.1) is 17.0 Å². The van der Waals surface area contributed by atoms with Gasteiger partial charge in [-0.05, 0) is 35.9 Å². The van der Waals surface area contributed by atoms with Crippen molar-refractivity contribution in [2.45, 2.75) is 6.92 Å². The number of nitro groups is 1. The van der Waals surface area contributed by atoms with Gasteiger partial charge < -0.3 is 0 Å². The highest BCUT2D eigenvalue weighted by Crippen LogP contribution is 2.33. The fourth-order valence-corrected chi connectivity index (χ4v) is 2.96. The van der Waals surface area contributed by atoms with Crippen LogP contribution in [0.3, 0.4) is 0 Å². The van der Waals surface area contributed by atoms with Crippen LogP contribution in [0.5, 0.6) is 0 Å². The van der Waals surface area contributed by atoms with E-state index in [0.717, 1.165) is 27.6 Å². The lowest BCUT2D eigenvalue weighted by atomic mass is 10.0. The highest BCUT2D eigenvalue weighted by molar-refractivity contribution is 5.88. The third-order valence-corrected chi connectivity index (χ3v) is 4.25. The smallest absolute Gasteiger partial charge is 0.258 e. The molecule has 4 rings (SSSR count). The Labute approximate surface area is 144 Å². The van der Waals surface area contributed by atoms with Crippen LogP contribution in [0.15, 0.2) is 72.9 Å². The van der Waals surface area contributed by atoms with Gasteiger partial charge in [0.1, 0.15) is 6.20 Å². The van der Waals surface area contributed by atoms with Crippen LogP contribution in [0.2, 0.25) is 0 Å². The molecule has 0 atom stereocenters. The first kappa shape index (κ1) is 15.1. The van der Waals surface area contributed by atoms with Crippen LogP contribution in [-0.2, 0) is 0 Å². The Kier molecular flexibility index (Phi) is 3.54. The molecule has 3 aromatic carbocycles. The van der Waals surface area contributed by atoms with Crippen molar-refractivity contribution >= 4 is 16.5 Å². The Morgan fingerprint density at radius 2 is 1.68 bits per heavy atom. The predicted molar refractivity (Wildman–Crippen MR) is 97.9 cm³/mol. The van der Waals surface area contributed by atoms with E-state index in [-0.39, 0.29) is 10.6 Å². The average molecular weight is 329 g/mol. The van der Waals surface area contributed by atoms with E-state index in [0.29, 0.717) is 5.69 Å². The molecule has 0 aliphatic rings. The lowest BCUT2D eigenvalue weighted by Gasteiger charge is -2.09. The van der Waals surface area contributed by atoms with Crippen molar-refractivity contribution in [3.8, 4) is 16.9 Å². The fraction of sp³-hybridized carbons (Fsp3) is 0.0500. The Morgan fingerprint density at radius 1 is 0.960 bits per heavy atom. The Morgan fingerprint density at radius 3 is 2.40 bits per heavy atom. The minimum absolute atomic E-state index is 0.00384. The molecule has 1 aromatic heterocycles.